The Morgan fingerprint density at radius 1 is 0.322 bits per heavy atom. The third kappa shape index (κ3) is 23.7. The van der Waals surface area contributed by atoms with Crippen molar-refractivity contribution in [2.75, 3.05) is 26.4 Å². The van der Waals surface area contributed by atoms with Gasteiger partial charge in [-0.1, -0.05) is 336 Å². The normalized spacial score (nSPS) is 23.0. The molecule has 628 valence electrons. The predicted octanol–water partition coefficient (Wildman–Crippen LogP) is 17.3. The van der Waals surface area contributed by atoms with Crippen molar-refractivity contribution in [3.63, 3.8) is 0 Å². The van der Waals surface area contributed by atoms with Gasteiger partial charge in [-0.3, -0.25) is 0 Å². The maximum absolute atomic E-state index is 15.4. The second-order valence-electron chi connectivity index (χ2n) is 31.4. The highest BCUT2D eigenvalue weighted by Crippen LogP contribution is 2.42. The van der Waals surface area contributed by atoms with Gasteiger partial charge < -0.3 is 75.5 Å². The van der Waals surface area contributed by atoms with Crippen LogP contribution in [-0.4, -0.2) is 139 Å². The first-order chi connectivity index (χ1) is 59.4. The number of esters is 2. The summed E-state index contributed by atoms with van der Waals surface area (Å²) < 4.78 is 117. The second kappa shape index (κ2) is 44.5. The monoisotopic (exact) mass is 1650 g/mol. The molecule has 3 aliphatic heterocycles. The van der Waals surface area contributed by atoms with Gasteiger partial charge in [-0.05, 0) is 91.5 Å². The van der Waals surface area contributed by atoms with Crippen LogP contribution in [0.5, 0.6) is 0 Å². The van der Waals surface area contributed by atoms with Gasteiger partial charge in [0.25, 0.3) is 8.32 Å². The van der Waals surface area contributed by atoms with Crippen LogP contribution in [-0.2, 0) is 122 Å². The minimum Gasteiger partial charge on any atom is -0.450 e. The van der Waals surface area contributed by atoms with E-state index in [0.29, 0.717) is 12.8 Å². The maximum atomic E-state index is 15.4. The van der Waals surface area contributed by atoms with Crippen LogP contribution in [0.2, 0.25) is 5.04 Å². The van der Waals surface area contributed by atoms with Crippen LogP contribution in [0.1, 0.15) is 93.3 Å². The molecule has 0 saturated carbocycles. The van der Waals surface area contributed by atoms with Gasteiger partial charge >= 0.3 is 11.9 Å². The smallest absolute Gasteiger partial charge is 0.338 e. The Hall–Kier alpha value is -10.2. The summed E-state index contributed by atoms with van der Waals surface area (Å²) >= 11 is 0. The average Bonchev–Trinajstić information content (AvgIpc) is 0.721. The summed E-state index contributed by atoms with van der Waals surface area (Å²) in [5.74, 6) is -1.34. The summed E-state index contributed by atoms with van der Waals surface area (Å²) in [6.45, 7) is 11.2. The zero-order chi connectivity index (χ0) is 83.3. The molecule has 0 aliphatic carbocycles. The molecule has 3 aliphatic rings. The summed E-state index contributed by atoms with van der Waals surface area (Å²) in [5, 5.41) is 1.59. The van der Waals surface area contributed by atoms with E-state index >= 15 is 9.59 Å². The molecule has 19 heteroatoms. The molecule has 0 aromatic heterocycles. The van der Waals surface area contributed by atoms with Gasteiger partial charge in [0.1, 0.15) is 61.0 Å². The van der Waals surface area contributed by atoms with Gasteiger partial charge in [0.2, 0.25) is 0 Å². The number of carbonyl (C=O) groups excluding carboxylic acids is 2. The van der Waals surface area contributed by atoms with Crippen LogP contribution in [0.3, 0.4) is 0 Å². The molecule has 14 rings (SSSR count). The number of rotatable bonds is 41. The summed E-state index contributed by atoms with van der Waals surface area (Å²) in [6.07, 6.45) is -15.1. The molecular formula is C102H108O18Si. The molecule has 0 spiro atoms. The molecule has 0 radical (unpaired) electrons. The molecule has 0 unspecified atom stereocenters. The SMILES string of the molecule is C=CCCCO[C@H]1O[C@H](CO[C@H]2O[C@H](COCc3ccccc3)[C@@H](OCc3ccccc3)[C@H](OCc3ccccc3)[C@@H]2OC(=O)c2ccccc2)[C@@H](OCc2ccccc2)[C@H](OCc2ccccc2)[C@@H]1O[C@H]1O[C@H](CO[Si](c2ccccc2)(c2ccccc2)C(C)(C)C)[C@@H](OCc2ccccc2)[C@H](OCc2ccccc2)[C@@H]1OC(=O)c1ccccc1. The van der Waals surface area contributed by atoms with Crippen molar-refractivity contribution in [2.45, 2.75) is 177 Å². The third-order valence-electron chi connectivity index (χ3n) is 21.8. The zero-order valence-electron chi connectivity index (χ0n) is 68.7. The van der Waals surface area contributed by atoms with Crippen LogP contribution in [0.25, 0.3) is 0 Å². The van der Waals surface area contributed by atoms with E-state index in [1.165, 1.54) is 0 Å². The van der Waals surface area contributed by atoms with Gasteiger partial charge in [0.05, 0.1) is 83.8 Å². The van der Waals surface area contributed by atoms with Gasteiger partial charge in [0.15, 0.2) is 31.1 Å². The van der Waals surface area contributed by atoms with Crippen LogP contribution in [0.15, 0.2) is 346 Å². The van der Waals surface area contributed by atoms with Gasteiger partial charge in [-0.25, -0.2) is 9.59 Å². The second-order valence-corrected chi connectivity index (χ2v) is 35.7. The number of hydrogen-bond acceptors (Lipinski definition) is 18. The van der Waals surface area contributed by atoms with Crippen molar-refractivity contribution in [1.29, 1.82) is 0 Å². The highest BCUT2D eigenvalue weighted by atomic mass is 28.4. The van der Waals surface area contributed by atoms with Gasteiger partial charge in [-0.2, -0.15) is 0 Å². The highest BCUT2D eigenvalue weighted by molar-refractivity contribution is 6.99. The van der Waals surface area contributed by atoms with E-state index in [1.807, 2.05) is 267 Å². The molecule has 11 aromatic rings. The largest absolute Gasteiger partial charge is 0.450 e. The van der Waals surface area contributed by atoms with Crippen molar-refractivity contribution >= 4 is 30.6 Å². The Balaban J connectivity index is 0.898. The lowest BCUT2D eigenvalue weighted by Gasteiger charge is -2.51. The molecule has 11 aromatic carbocycles. The van der Waals surface area contributed by atoms with E-state index in [-0.39, 0.29) is 83.8 Å². The lowest BCUT2D eigenvalue weighted by atomic mass is 9.95. The molecule has 0 amide bonds. The van der Waals surface area contributed by atoms with E-state index < -0.39 is 117 Å². The van der Waals surface area contributed by atoms with Crippen molar-refractivity contribution < 1.29 is 85.1 Å². The molecule has 18 nitrogen and oxygen atoms in total. The quantitative estimate of drug-likeness (QED) is 0.0152. The number of unbranched alkanes of at least 4 members (excludes halogenated alkanes) is 1. The minimum atomic E-state index is -3.40. The lowest BCUT2D eigenvalue weighted by Crippen LogP contribution is -2.69. The fourth-order valence-electron chi connectivity index (χ4n) is 15.7. The fraction of sp³-hybridized carbons (Fsp3) is 0.314. The van der Waals surface area contributed by atoms with Crippen LogP contribution in [0.4, 0.5) is 0 Å². The lowest BCUT2D eigenvalue weighted by molar-refractivity contribution is -0.382. The Labute approximate surface area is 711 Å². The standard InChI is InChI=1S/C102H108O18Si/c1-5-6-40-63-106-99-95(120-101-96(119-98(104)82-57-34-15-35-58-82)93(112-70-80-53-30-13-31-54-80)90(109-67-77-47-24-10-25-48-77)87(117-101)73-114-121(102(2,3)4,83-59-36-16-37-60-83)84-61-38-17-39-62-84)92(111-69-79-51-28-12-29-52-79)89(108-66-76-45-22-9-23-46-76)86(116-99)72-113-100-94(118-97(103)81-55-32-14-33-56-81)91(110-68-78-49-26-11-27-50-78)88(107-65-75-43-20-8-21-44-75)85(115-100)71-105-64-74-41-18-7-19-42-74/h5,7-39,41-62,85-96,99-101H,1,6,40,63-73H2,2-4H3/t85-,86-,87-,88-,89-,90-,91+,92+,93+,94+,95+,96+,99+,100+,101-/m1/s1. The van der Waals surface area contributed by atoms with Crippen LogP contribution >= 0.6 is 0 Å². The van der Waals surface area contributed by atoms with Gasteiger partial charge in [-0.15, -0.1) is 6.58 Å². The third-order valence-corrected chi connectivity index (χ3v) is 26.8. The van der Waals surface area contributed by atoms with Crippen LogP contribution in [0, 0.1) is 0 Å². The number of benzene rings is 11. The zero-order valence-corrected chi connectivity index (χ0v) is 69.7. The number of ether oxygens (including phenoxy) is 15. The molecule has 3 heterocycles. The highest BCUT2D eigenvalue weighted by Gasteiger charge is 2.59. The number of hydrogen-bond donors (Lipinski definition) is 0. The fourth-order valence-corrected chi connectivity index (χ4v) is 20.3. The van der Waals surface area contributed by atoms with E-state index in [1.54, 1.807) is 48.5 Å². The first-order valence-electron chi connectivity index (χ1n) is 41.7. The predicted molar refractivity (Wildman–Crippen MR) is 463 cm³/mol. The maximum Gasteiger partial charge on any atom is 0.338 e. The summed E-state index contributed by atoms with van der Waals surface area (Å²) in [7, 11) is -3.40. The molecular weight excluding hydrogens is 1540 g/mol. The Kier molecular flexibility index (Phi) is 32.1. The summed E-state index contributed by atoms with van der Waals surface area (Å²) in [6, 6.07) is 107. The molecule has 15 atom stereocenters. The molecule has 121 heavy (non-hydrogen) atoms. The van der Waals surface area contributed by atoms with Crippen molar-refractivity contribution in [3.05, 3.63) is 396 Å². The average molecular weight is 1650 g/mol. The number of carbonyl (C=O) groups is 2. The van der Waals surface area contributed by atoms with Crippen molar-refractivity contribution in [1.82, 2.24) is 0 Å². The Morgan fingerprint density at radius 2 is 0.612 bits per heavy atom. The first kappa shape index (κ1) is 87.1. The minimum absolute atomic E-state index is 0.00802. The molecule has 3 fully saturated rings. The van der Waals surface area contributed by atoms with E-state index in [0.717, 1.165) is 49.3 Å². The van der Waals surface area contributed by atoms with Crippen molar-refractivity contribution in [2.24, 2.45) is 0 Å². The van der Waals surface area contributed by atoms with Crippen LogP contribution < -0.4 is 10.4 Å². The molecule has 3 saturated heterocycles. The molecule has 0 N–H and O–H groups in total. The first-order valence-corrected chi connectivity index (χ1v) is 43.6. The Morgan fingerprint density at radius 3 is 0.967 bits per heavy atom. The van der Waals surface area contributed by atoms with E-state index in [2.05, 4.69) is 51.6 Å². The summed E-state index contributed by atoms with van der Waals surface area (Å²) in [4.78, 5) is 30.4. The van der Waals surface area contributed by atoms with Crippen molar-refractivity contribution in [3.8, 4) is 0 Å². The van der Waals surface area contributed by atoms with E-state index in [9.17, 15) is 0 Å². The van der Waals surface area contributed by atoms with Gasteiger partial charge in [0, 0.05) is 0 Å². The number of allylic oxidation sites excluding steroid dienone is 1. The molecule has 0 bridgehead atoms. The topological polar surface area (TPSA) is 182 Å². The Bertz CT molecular complexity index is 4780. The van der Waals surface area contributed by atoms with E-state index in [4.69, 9.17) is 75.5 Å². The summed E-state index contributed by atoms with van der Waals surface area (Å²) in [5.41, 5.74) is 6.61.